The predicted octanol–water partition coefficient (Wildman–Crippen LogP) is -0.460. The third-order valence-electron chi connectivity index (χ3n) is 4.33. The maximum absolute atomic E-state index is 10.1. The Labute approximate surface area is 134 Å². The van der Waals surface area contributed by atoms with E-state index in [1.54, 1.807) is 0 Å². The van der Waals surface area contributed by atoms with Crippen LogP contribution in [0.2, 0.25) is 0 Å². The summed E-state index contributed by atoms with van der Waals surface area (Å²) < 4.78 is 5.99. The zero-order valence-corrected chi connectivity index (χ0v) is 14.1. The molecule has 1 aromatic rings. The number of hydrogen-bond acceptors (Lipinski definition) is 2. The van der Waals surface area contributed by atoms with Crippen molar-refractivity contribution in [3.63, 3.8) is 0 Å². The van der Waals surface area contributed by atoms with Gasteiger partial charge < -0.3 is 20.1 Å². The van der Waals surface area contributed by atoms with Gasteiger partial charge in [-0.1, -0.05) is 24.3 Å². The standard InChI is InChI=1S/C18H30N2O2/c1-20(2)12-6-11-19-13-16(21)14-22-18-10-5-8-15-7-3-4-9-17(15)18/h3-4,7,9,16,18-19,21H,5-6,8,10-14H2,1-2H3/p+2/t16-,18-/m0/s1. The topological polar surface area (TPSA) is 50.5 Å². The lowest BCUT2D eigenvalue weighted by atomic mass is 9.89. The monoisotopic (exact) mass is 308 g/mol. The molecule has 0 aromatic heterocycles. The lowest BCUT2D eigenvalue weighted by Gasteiger charge is -2.26. The Hall–Kier alpha value is -0.940. The molecule has 1 aromatic carbocycles. The van der Waals surface area contributed by atoms with Gasteiger partial charge in [0.25, 0.3) is 0 Å². The Morgan fingerprint density at radius 2 is 2.18 bits per heavy atom. The Kier molecular flexibility index (Phi) is 7.33. The van der Waals surface area contributed by atoms with Crippen molar-refractivity contribution in [2.45, 2.75) is 37.9 Å². The molecule has 2 rings (SSSR count). The van der Waals surface area contributed by atoms with E-state index < -0.39 is 0 Å². The number of nitrogens with two attached hydrogens (primary N) is 1. The minimum atomic E-state index is -0.374. The van der Waals surface area contributed by atoms with E-state index in [0.717, 1.165) is 25.9 Å². The number of aliphatic hydroxyl groups is 1. The summed E-state index contributed by atoms with van der Waals surface area (Å²) in [6.45, 7) is 3.43. The van der Waals surface area contributed by atoms with Crippen LogP contribution in [0.4, 0.5) is 0 Å². The minimum Gasteiger partial charge on any atom is -0.385 e. The van der Waals surface area contributed by atoms with Crippen LogP contribution in [-0.2, 0) is 11.2 Å². The molecule has 0 unspecified atom stereocenters. The quantitative estimate of drug-likeness (QED) is 0.541. The van der Waals surface area contributed by atoms with E-state index >= 15 is 0 Å². The normalized spacial score (nSPS) is 19.2. The maximum Gasteiger partial charge on any atom is 0.126 e. The molecule has 1 aliphatic carbocycles. The lowest BCUT2D eigenvalue weighted by Crippen LogP contribution is -3.06. The third kappa shape index (κ3) is 5.69. The first-order valence-electron chi connectivity index (χ1n) is 8.65. The molecule has 0 heterocycles. The second kappa shape index (κ2) is 9.26. The molecule has 0 radical (unpaired) electrons. The number of ether oxygens (including phenoxy) is 1. The average molecular weight is 308 g/mol. The SMILES string of the molecule is C[NH+](C)CCC[NH2+]C[C@H](O)CO[C@H]1CCCc2ccccc21. The molecule has 22 heavy (non-hydrogen) atoms. The fourth-order valence-electron chi connectivity index (χ4n) is 3.09. The van der Waals surface area contributed by atoms with Gasteiger partial charge in [-0.2, -0.15) is 0 Å². The maximum atomic E-state index is 10.1. The van der Waals surface area contributed by atoms with Gasteiger partial charge in [0.15, 0.2) is 0 Å². The van der Waals surface area contributed by atoms with Gasteiger partial charge in [-0.15, -0.1) is 0 Å². The number of aryl methyl sites for hydroxylation is 1. The van der Waals surface area contributed by atoms with Crippen LogP contribution in [-0.4, -0.2) is 51.5 Å². The second-order valence-corrected chi connectivity index (χ2v) is 6.69. The number of quaternary nitrogens is 2. The van der Waals surface area contributed by atoms with E-state index in [1.165, 1.54) is 35.4 Å². The van der Waals surface area contributed by atoms with Crippen LogP contribution in [0.5, 0.6) is 0 Å². The number of hydrogen-bond donors (Lipinski definition) is 3. The van der Waals surface area contributed by atoms with Gasteiger partial charge >= 0.3 is 0 Å². The van der Waals surface area contributed by atoms with Crippen molar-refractivity contribution < 1.29 is 20.1 Å². The van der Waals surface area contributed by atoms with Gasteiger partial charge in [0.1, 0.15) is 12.6 Å². The van der Waals surface area contributed by atoms with Gasteiger partial charge in [-0.3, -0.25) is 0 Å². The first kappa shape index (κ1) is 17.4. The molecule has 0 bridgehead atoms. The summed E-state index contributed by atoms with van der Waals surface area (Å²) in [6, 6.07) is 8.54. The average Bonchev–Trinajstić information content (AvgIpc) is 2.52. The molecule has 124 valence electrons. The van der Waals surface area contributed by atoms with Gasteiger partial charge in [0.05, 0.1) is 39.9 Å². The molecule has 1 aliphatic rings. The van der Waals surface area contributed by atoms with Gasteiger partial charge in [-0.05, 0) is 30.4 Å². The lowest BCUT2D eigenvalue weighted by molar-refractivity contribution is -0.860. The predicted molar refractivity (Wildman–Crippen MR) is 88.0 cm³/mol. The van der Waals surface area contributed by atoms with E-state index in [2.05, 4.69) is 43.7 Å². The highest BCUT2D eigenvalue weighted by molar-refractivity contribution is 5.31. The molecule has 0 fully saturated rings. The van der Waals surface area contributed by atoms with Crippen molar-refractivity contribution in [2.75, 3.05) is 40.3 Å². The van der Waals surface area contributed by atoms with Gasteiger partial charge in [0, 0.05) is 6.42 Å². The van der Waals surface area contributed by atoms with E-state index in [4.69, 9.17) is 4.74 Å². The van der Waals surface area contributed by atoms with Crippen LogP contribution in [0.3, 0.4) is 0 Å². The van der Waals surface area contributed by atoms with E-state index in [0.29, 0.717) is 6.61 Å². The molecule has 0 aliphatic heterocycles. The summed E-state index contributed by atoms with van der Waals surface area (Å²) in [5.74, 6) is 0. The number of aliphatic hydroxyl groups excluding tert-OH is 1. The summed E-state index contributed by atoms with van der Waals surface area (Å²) in [7, 11) is 4.34. The van der Waals surface area contributed by atoms with Crippen molar-refractivity contribution in [3.8, 4) is 0 Å². The Bertz CT molecular complexity index is 437. The fourth-order valence-corrected chi connectivity index (χ4v) is 3.09. The largest absolute Gasteiger partial charge is 0.385 e. The molecule has 0 saturated carbocycles. The smallest absolute Gasteiger partial charge is 0.126 e. The summed E-state index contributed by atoms with van der Waals surface area (Å²) in [5, 5.41) is 12.3. The highest BCUT2D eigenvalue weighted by Crippen LogP contribution is 2.32. The highest BCUT2D eigenvalue weighted by Gasteiger charge is 2.21. The molecule has 4 nitrogen and oxygen atoms in total. The van der Waals surface area contributed by atoms with Crippen LogP contribution in [0.25, 0.3) is 0 Å². The van der Waals surface area contributed by atoms with Crippen molar-refractivity contribution in [2.24, 2.45) is 0 Å². The molecule has 4 heteroatoms. The van der Waals surface area contributed by atoms with Gasteiger partial charge in [0.2, 0.25) is 0 Å². The van der Waals surface area contributed by atoms with E-state index in [1.807, 2.05) is 0 Å². The zero-order valence-electron chi connectivity index (χ0n) is 14.1. The number of benzene rings is 1. The molecule has 4 N–H and O–H groups in total. The summed E-state index contributed by atoms with van der Waals surface area (Å²) in [5.41, 5.74) is 2.73. The molecular weight excluding hydrogens is 276 g/mol. The van der Waals surface area contributed by atoms with Crippen LogP contribution in [0.15, 0.2) is 24.3 Å². The van der Waals surface area contributed by atoms with Crippen molar-refractivity contribution >= 4 is 0 Å². The highest BCUT2D eigenvalue weighted by atomic mass is 16.5. The molecule has 2 atom stereocenters. The minimum absolute atomic E-state index is 0.164. The van der Waals surface area contributed by atoms with Crippen LogP contribution in [0, 0.1) is 0 Å². The van der Waals surface area contributed by atoms with Crippen molar-refractivity contribution in [3.05, 3.63) is 35.4 Å². The summed E-state index contributed by atoms with van der Waals surface area (Å²) >= 11 is 0. The number of rotatable bonds is 9. The van der Waals surface area contributed by atoms with Crippen LogP contribution < -0.4 is 10.2 Å². The fraction of sp³-hybridized carbons (Fsp3) is 0.667. The van der Waals surface area contributed by atoms with Crippen molar-refractivity contribution in [1.29, 1.82) is 0 Å². The van der Waals surface area contributed by atoms with Gasteiger partial charge in [-0.25, -0.2) is 0 Å². The molecule has 0 spiro atoms. The van der Waals surface area contributed by atoms with Crippen LogP contribution in [0.1, 0.15) is 36.5 Å². The Morgan fingerprint density at radius 3 is 3.00 bits per heavy atom. The number of fused-ring (bicyclic) bond motifs is 1. The number of nitrogens with one attached hydrogen (secondary N) is 1. The summed E-state index contributed by atoms with van der Waals surface area (Å²) in [4.78, 5) is 1.48. The first-order chi connectivity index (χ1) is 10.7. The van der Waals surface area contributed by atoms with Crippen molar-refractivity contribution in [1.82, 2.24) is 0 Å². The molecule has 0 saturated heterocycles. The summed E-state index contributed by atoms with van der Waals surface area (Å²) in [6.07, 6.45) is 4.37. The first-order valence-corrected chi connectivity index (χ1v) is 8.65. The third-order valence-corrected chi connectivity index (χ3v) is 4.33. The Morgan fingerprint density at radius 1 is 1.36 bits per heavy atom. The second-order valence-electron chi connectivity index (χ2n) is 6.69. The van der Waals surface area contributed by atoms with E-state index in [9.17, 15) is 5.11 Å². The Balaban J connectivity index is 1.66. The molecular formula is C18H32N2O2+2. The molecule has 0 amide bonds. The van der Waals surface area contributed by atoms with Crippen LogP contribution >= 0.6 is 0 Å². The zero-order chi connectivity index (χ0) is 15.8. The van der Waals surface area contributed by atoms with E-state index in [-0.39, 0.29) is 12.2 Å².